The van der Waals surface area contributed by atoms with Crippen LogP contribution in [0, 0.1) is 6.92 Å². The Morgan fingerprint density at radius 1 is 1.07 bits per heavy atom. The van der Waals surface area contributed by atoms with Crippen LogP contribution in [-0.2, 0) is 6.54 Å². The van der Waals surface area contributed by atoms with E-state index in [1.165, 1.54) is 5.56 Å². The number of piperidine rings is 1. The number of hydrogen-bond acceptors (Lipinski definition) is 7. The lowest BCUT2D eigenvalue weighted by molar-refractivity contribution is 0.203. The van der Waals surface area contributed by atoms with Gasteiger partial charge in [-0.3, -0.25) is 4.90 Å². The lowest BCUT2D eigenvalue weighted by atomic mass is 9.93. The maximum atomic E-state index is 4.76. The van der Waals surface area contributed by atoms with Crippen LogP contribution in [0.5, 0.6) is 0 Å². The number of H-pyrrole nitrogens is 1. The van der Waals surface area contributed by atoms with Gasteiger partial charge in [-0.1, -0.05) is 18.2 Å². The van der Waals surface area contributed by atoms with E-state index in [9.17, 15) is 0 Å². The van der Waals surface area contributed by atoms with E-state index in [2.05, 4.69) is 60.0 Å². The maximum Gasteiger partial charge on any atom is 0.204 e. The van der Waals surface area contributed by atoms with E-state index in [1.54, 1.807) is 0 Å². The Labute approximate surface area is 161 Å². The first-order chi connectivity index (χ1) is 13.8. The molecule has 1 fully saturated rings. The molecule has 0 unspecified atom stereocenters. The molecule has 4 aromatic rings. The molecule has 1 N–H and O–H groups in total. The molecule has 3 aromatic heterocycles. The highest BCUT2D eigenvalue weighted by molar-refractivity contribution is 5.54. The summed E-state index contributed by atoms with van der Waals surface area (Å²) in [5, 5.41) is 27.2. The zero-order valence-corrected chi connectivity index (χ0v) is 15.7. The Morgan fingerprint density at radius 3 is 2.79 bits per heavy atom. The van der Waals surface area contributed by atoms with E-state index in [1.807, 2.05) is 23.6 Å². The smallest absolute Gasteiger partial charge is 0.204 e. The molecule has 142 valence electrons. The third-order valence-electron chi connectivity index (χ3n) is 5.38. The molecule has 1 saturated heterocycles. The molecule has 0 atom stereocenters. The maximum absolute atomic E-state index is 4.76. The molecule has 9 nitrogen and oxygen atoms in total. The molecule has 0 aliphatic carbocycles. The molecule has 1 aromatic carbocycles. The summed E-state index contributed by atoms with van der Waals surface area (Å²) in [5.41, 5.74) is 4.19. The Bertz CT molecular complexity index is 1080. The van der Waals surface area contributed by atoms with Crippen LogP contribution in [0.15, 0.2) is 36.4 Å². The fourth-order valence-electron chi connectivity index (χ4n) is 3.87. The third kappa shape index (κ3) is 3.24. The van der Waals surface area contributed by atoms with Gasteiger partial charge in [0, 0.05) is 18.0 Å². The SMILES string of the molecule is Cc1nnc2ccc(C3CCN(Cc4cccc(-c5nn[nH]n5)c4)CC3)nn12. The van der Waals surface area contributed by atoms with Crippen molar-refractivity contribution >= 4 is 5.65 Å². The first kappa shape index (κ1) is 16.9. The monoisotopic (exact) mass is 375 g/mol. The minimum atomic E-state index is 0.480. The molecule has 5 rings (SSSR count). The summed E-state index contributed by atoms with van der Waals surface area (Å²) >= 11 is 0. The van der Waals surface area contributed by atoms with Gasteiger partial charge >= 0.3 is 0 Å². The fraction of sp³-hybridized carbons (Fsp3) is 0.368. The van der Waals surface area contributed by atoms with E-state index < -0.39 is 0 Å². The quantitative estimate of drug-likeness (QED) is 0.582. The molecular weight excluding hydrogens is 354 g/mol. The van der Waals surface area contributed by atoms with Crippen molar-refractivity contribution in [1.29, 1.82) is 0 Å². The summed E-state index contributed by atoms with van der Waals surface area (Å²) in [5.74, 6) is 1.94. The van der Waals surface area contributed by atoms with Crippen molar-refractivity contribution in [2.75, 3.05) is 13.1 Å². The van der Waals surface area contributed by atoms with E-state index in [-0.39, 0.29) is 0 Å². The second-order valence-corrected chi connectivity index (χ2v) is 7.26. The Balaban J connectivity index is 1.24. The number of tetrazole rings is 1. The fourth-order valence-corrected chi connectivity index (χ4v) is 3.87. The average molecular weight is 375 g/mol. The van der Waals surface area contributed by atoms with Gasteiger partial charge in [-0.2, -0.15) is 14.8 Å². The molecule has 28 heavy (non-hydrogen) atoms. The van der Waals surface area contributed by atoms with Gasteiger partial charge in [0.1, 0.15) is 0 Å². The zero-order valence-electron chi connectivity index (χ0n) is 15.7. The summed E-state index contributed by atoms with van der Waals surface area (Å²) in [7, 11) is 0. The van der Waals surface area contributed by atoms with Crippen LogP contribution in [0.3, 0.4) is 0 Å². The van der Waals surface area contributed by atoms with Gasteiger partial charge in [0.25, 0.3) is 0 Å². The number of rotatable bonds is 4. The van der Waals surface area contributed by atoms with E-state index in [4.69, 9.17) is 5.10 Å². The predicted octanol–water partition coefficient (Wildman–Crippen LogP) is 1.99. The van der Waals surface area contributed by atoms with Crippen molar-refractivity contribution in [3.05, 3.63) is 53.5 Å². The lowest BCUT2D eigenvalue weighted by Gasteiger charge is -2.31. The van der Waals surface area contributed by atoms with Gasteiger partial charge in [0.15, 0.2) is 11.5 Å². The van der Waals surface area contributed by atoms with Crippen LogP contribution in [-0.4, -0.2) is 58.4 Å². The molecular formula is C19H21N9. The van der Waals surface area contributed by atoms with Crippen LogP contribution in [0.25, 0.3) is 17.0 Å². The topological polar surface area (TPSA) is 101 Å². The van der Waals surface area contributed by atoms with E-state index in [0.29, 0.717) is 11.7 Å². The van der Waals surface area contributed by atoms with E-state index in [0.717, 1.165) is 55.2 Å². The molecule has 0 saturated carbocycles. The average Bonchev–Trinajstić information content (AvgIpc) is 3.39. The van der Waals surface area contributed by atoms with Crippen molar-refractivity contribution in [1.82, 2.24) is 45.3 Å². The summed E-state index contributed by atoms with van der Waals surface area (Å²) < 4.78 is 1.84. The Kier molecular flexibility index (Phi) is 4.28. The molecule has 1 aliphatic rings. The summed E-state index contributed by atoms with van der Waals surface area (Å²) in [6.45, 7) is 4.97. The number of aryl methyl sites for hydroxylation is 1. The minimum Gasteiger partial charge on any atom is -0.299 e. The van der Waals surface area contributed by atoms with Crippen molar-refractivity contribution in [3.8, 4) is 11.4 Å². The number of fused-ring (bicyclic) bond motifs is 1. The summed E-state index contributed by atoms with van der Waals surface area (Å²) in [6.07, 6.45) is 2.20. The lowest BCUT2D eigenvalue weighted by Crippen LogP contribution is -2.32. The van der Waals surface area contributed by atoms with Crippen LogP contribution in [0.2, 0.25) is 0 Å². The number of hydrogen-bond donors (Lipinski definition) is 1. The second kappa shape index (κ2) is 7.08. The van der Waals surface area contributed by atoms with Gasteiger partial charge in [0.05, 0.1) is 5.69 Å². The van der Waals surface area contributed by atoms with Crippen molar-refractivity contribution < 1.29 is 0 Å². The van der Waals surface area contributed by atoms with Crippen molar-refractivity contribution in [3.63, 3.8) is 0 Å². The number of nitrogens with zero attached hydrogens (tertiary/aromatic N) is 8. The summed E-state index contributed by atoms with van der Waals surface area (Å²) in [4.78, 5) is 2.49. The standard InChI is InChI=1S/C19H21N9/c1-13-20-21-18-6-5-17(24-28(13)18)15-7-9-27(10-8-15)12-14-3-2-4-16(11-14)19-22-25-26-23-19/h2-6,11,15H,7-10,12H2,1H3,(H,22,23,25,26). The molecule has 1 aliphatic heterocycles. The second-order valence-electron chi connectivity index (χ2n) is 7.26. The van der Waals surface area contributed by atoms with Crippen LogP contribution >= 0.6 is 0 Å². The Morgan fingerprint density at radius 2 is 1.96 bits per heavy atom. The van der Waals surface area contributed by atoms with Crippen LogP contribution in [0.4, 0.5) is 0 Å². The Hall–Kier alpha value is -3.20. The molecule has 9 heteroatoms. The van der Waals surface area contributed by atoms with Gasteiger partial charge in [-0.05, 0) is 61.8 Å². The molecule has 4 heterocycles. The number of aromatic nitrogens is 8. The zero-order chi connectivity index (χ0) is 18.9. The number of benzene rings is 1. The first-order valence-electron chi connectivity index (χ1n) is 9.50. The summed E-state index contributed by atoms with van der Waals surface area (Å²) in [6, 6.07) is 12.5. The molecule has 0 amide bonds. The van der Waals surface area contributed by atoms with Gasteiger partial charge < -0.3 is 0 Å². The van der Waals surface area contributed by atoms with Crippen LogP contribution < -0.4 is 0 Å². The molecule has 0 spiro atoms. The highest BCUT2D eigenvalue weighted by Crippen LogP contribution is 2.28. The number of likely N-dealkylation sites (tertiary alicyclic amines) is 1. The number of nitrogens with one attached hydrogen (secondary N) is 1. The highest BCUT2D eigenvalue weighted by atomic mass is 15.5. The number of aromatic amines is 1. The molecule has 0 radical (unpaired) electrons. The van der Waals surface area contributed by atoms with Crippen LogP contribution in [0.1, 0.15) is 35.8 Å². The predicted molar refractivity (Wildman–Crippen MR) is 102 cm³/mol. The van der Waals surface area contributed by atoms with Crippen molar-refractivity contribution in [2.45, 2.75) is 32.2 Å². The third-order valence-corrected chi connectivity index (χ3v) is 5.38. The first-order valence-corrected chi connectivity index (χ1v) is 9.50. The minimum absolute atomic E-state index is 0.480. The highest BCUT2D eigenvalue weighted by Gasteiger charge is 2.22. The van der Waals surface area contributed by atoms with Gasteiger partial charge in [0.2, 0.25) is 5.82 Å². The molecule has 0 bridgehead atoms. The van der Waals surface area contributed by atoms with Gasteiger partial charge in [-0.25, -0.2) is 0 Å². The van der Waals surface area contributed by atoms with Gasteiger partial charge in [-0.15, -0.1) is 20.4 Å². The normalized spacial score (nSPS) is 16.0. The van der Waals surface area contributed by atoms with E-state index >= 15 is 0 Å². The van der Waals surface area contributed by atoms with Crippen molar-refractivity contribution in [2.24, 2.45) is 0 Å². The largest absolute Gasteiger partial charge is 0.299 e.